The van der Waals surface area contributed by atoms with Crippen molar-refractivity contribution in [1.29, 1.82) is 0 Å². The molecule has 3 N–H and O–H groups in total. The molecule has 0 fully saturated rings. The van der Waals surface area contributed by atoms with E-state index >= 15 is 0 Å². The molecule has 11 heteroatoms. The lowest BCUT2D eigenvalue weighted by molar-refractivity contribution is -0.137. The summed E-state index contributed by atoms with van der Waals surface area (Å²) in [5.41, 5.74) is 7.46. The van der Waals surface area contributed by atoms with Gasteiger partial charge in [0.15, 0.2) is 0 Å². The van der Waals surface area contributed by atoms with E-state index in [1.165, 1.54) is 24.4 Å². The fourth-order valence-electron chi connectivity index (χ4n) is 3.99. The van der Waals surface area contributed by atoms with Crippen molar-refractivity contribution in [3.05, 3.63) is 60.2 Å². The first-order valence-electron chi connectivity index (χ1n) is 11.2. The smallest absolute Gasteiger partial charge is 0.397 e. The number of hydrogen-bond acceptors (Lipinski definition) is 6. The first-order chi connectivity index (χ1) is 16.9. The van der Waals surface area contributed by atoms with E-state index < -0.39 is 17.6 Å². The summed E-state index contributed by atoms with van der Waals surface area (Å²) < 4.78 is 57.2. The van der Waals surface area contributed by atoms with Crippen molar-refractivity contribution in [2.45, 2.75) is 6.18 Å². The molecule has 0 radical (unpaired) electrons. The number of rotatable bonds is 7. The van der Waals surface area contributed by atoms with Gasteiger partial charge in [-0.15, -0.1) is 0 Å². The molecule has 36 heavy (non-hydrogen) atoms. The van der Waals surface area contributed by atoms with E-state index in [0.717, 1.165) is 25.0 Å². The molecule has 0 unspecified atom stereocenters. The van der Waals surface area contributed by atoms with Gasteiger partial charge in [-0.25, -0.2) is 14.4 Å². The molecular weight excluding hydrogens is 474 g/mol. The summed E-state index contributed by atoms with van der Waals surface area (Å²) in [6.07, 6.45) is -2.47. The Balaban J connectivity index is 1.71. The second-order valence-corrected chi connectivity index (χ2v) is 8.89. The zero-order chi connectivity index (χ0) is 26.2. The molecule has 0 bridgehead atoms. The van der Waals surface area contributed by atoms with E-state index in [4.69, 9.17) is 5.73 Å². The lowest BCUT2D eigenvalue weighted by Crippen LogP contribution is -2.28. The number of anilines is 4. The Morgan fingerprint density at radius 2 is 1.81 bits per heavy atom. The van der Waals surface area contributed by atoms with Crippen LogP contribution < -0.4 is 16.0 Å². The van der Waals surface area contributed by atoms with Crippen molar-refractivity contribution in [2.24, 2.45) is 7.05 Å². The number of alkyl halides is 3. The third kappa shape index (κ3) is 5.20. The summed E-state index contributed by atoms with van der Waals surface area (Å²) in [5.74, 6) is -0.596. The van der Waals surface area contributed by atoms with Crippen molar-refractivity contribution in [1.82, 2.24) is 19.4 Å². The van der Waals surface area contributed by atoms with E-state index in [9.17, 15) is 17.6 Å². The Hall–Kier alpha value is -3.86. The Kier molecular flexibility index (Phi) is 6.77. The second-order valence-electron chi connectivity index (χ2n) is 8.89. The molecule has 190 valence electrons. The maximum atomic E-state index is 14.0. The molecule has 2 heterocycles. The Labute approximate surface area is 206 Å². The number of halogens is 4. The first-order valence-corrected chi connectivity index (χ1v) is 11.2. The molecule has 2 aromatic heterocycles. The van der Waals surface area contributed by atoms with Crippen LogP contribution in [0.3, 0.4) is 0 Å². The van der Waals surface area contributed by atoms with Crippen LogP contribution in [0.1, 0.15) is 5.56 Å². The first kappa shape index (κ1) is 25.2. The summed E-state index contributed by atoms with van der Waals surface area (Å²) in [5, 5.41) is 3.26. The number of benzene rings is 2. The van der Waals surface area contributed by atoms with Crippen molar-refractivity contribution in [2.75, 3.05) is 50.2 Å². The lowest BCUT2D eigenvalue weighted by Gasteiger charge is -2.23. The highest BCUT2D eigenvalue weighted by Gasteiger charge is 2.36. The van der Waals surface area contributed by atoms with E-state index in [0.29, 0.717) is 22.3 Å². The number of fused-ring (bicyclic) bond motifs is 1. The molecule has 0 saturated heterocycles. The third-order valence-electron chi connectivity index (χ3n) is 5.88. The molecule has 4 aromatic rings. The van der Waals surface area contributed by atoms with E-state index in [2.05, 4.69) is 20.2 Å². The van der Waals surface area contributed by atoms with Crippen LogP contribution in [-0.2, 0) is 13.2 Å². The van der Waals surface area contributed by atoms with Crippen molar-refractivity contribution < 1.29 is 17.6 Å². The minimum atomic E-state index is -4.70. The van der Waals surface area contributed by atoms with Crippen LogP contribution in [0.2, 0.25) is 0 Å². The minimum absolute atomic E-state index is 0.0421. The summed E-state index contributed by atoms with van der Waals surface area (Å²) >= 11 is 0. The number of nitrogen functional groups attached to an aromatic ring is 1. The van der Waals surface area contributed by atoms with Crippen molar-refractivity contribution >= 4 is 33.9 Å². The number of hydrogen-bond donors (Lipinski definition) is 2. The maximum absolute atomic E-state index is 14.0. The van der Waals surface area contributed by atoms with Gasteiger partial charge in [-0.1, -0.05) is 0 Å². The van der Waals surface area contributed by atoms with Gasteiger partial charge in [0, 0.05) is 61.7 Å². The average molecular weight is 502 g/mol. The van der Waals surface area contributed by atoms with E-state index in [-0.39, 0.29) is 17.2 Å². The number of nitrogens with two attached hydrogens (primary N) is 1. The average Bonchev–Trinajstić information content (AvgIpc) is 3.12. The summed E-state index contributed by atoms with van der Waals surface area (Å²) in [6, 6.07) is 9.23. The largest absolute Gasteiger partial charge is 0.419 e. The highest BCUT2D eigenvalue weighted by Crippen LogP contribution is 2.39. The number of nitrogens with zero attached hydrogens (tertiary/aromatic N) is 5. The Morgan fingerprint density at radius 3 is 2.47 bits per heavy atom. The third-order valence-corrected chi connectivity index (χ3v) is 5.88. The van der Waals surface area contributed by atoms with Gasteiger partial charge in [-0.3, -0.25) is 0 Å². The standard InChI is InChI=1S/C25H27F4N7/c1-34(2)9-10-35(3)22-8-6-16(12-20(22)30)32-24-31-13-19(25(27,28)29)23(33-24)18-14-36(4)21-7-5-15(26)11-17(18)21/h5-8,11-14H,9-10,30H2,1-4H3,(H,31,32,33). The van der Waals surface area contributed by atoms with Crippen LogP contribution >= 0.6 is 0 Å². The fraction of sp³-hybridized carbons (Fsp3) is 0.280. The van der Waals surface area contributed by atoms with Crippen LogP contribution in [0.5, 0.6) is 0 Å². The van der Waals surface area contributed by atoms with Gasteiger partial charge >= 0.3 is 6.18 Å². The molecular formula is C25H27F4N7. The minimum Gasteiger partial charge on any atom is -0.397 e. The molecule has 2 aromatic carbocycles. The SMILES string of the molecule is CN(C)CCN(C)c1ccc(Nc2ncc(C(F)(F)F)c(-c3cn(C)c4ccc(F)cc34)n2)cc1N. The highest BCUT2D eigenvalue weighted by atomic mass is 19.4. The summed E-state index contributed by atoms with van der Waals surface area (Å²) in [7, 11) is 7.58. The lowest BCUT2D eigenvalue weighted by atomic mass is 10.1. The van der Waals surface area contributed by atoms with Gasteiger partial charge in [0.05, 0.1) is 17.1 Å². The molecule has 4 rings (SSSR count). The fourth-order valence-corrected chi connectivity index (χ4v) is 3.99. The van der Waals surface area contributed by atoms with Gasteiger partial charge < -0.3 is 25.4 Å². The highest BCUT2D eigenvalue weighted by molar-refractivity contribution is 5.96. The number of likely N-dealkylation sites (N-methyl/N-ethyl adjacent to an activating group) is 2. The molecule has 0 aliphatic rings. The number of nitrogens with one attached hydrogen (secondary N) is 1. The predicted molar refractivity (Wildman–Crippen MR) is 135 cm³/mol. The van der Waals surface area contributed by atoms with Crippen molar-refractivity contribution in [3.8, 4) is 11.3 Å². The zero-order valence-electron chi connectivity index (χ0n) is 20.4. The molecule has 0 aliphatic carbocycles. The normalized spacial score (nSPS) is 11.9. The Morgan fingerprint density at radius 1 is 1.06 bits per heavy atom. The molecule has 0 spiro atoms. The van der Waals surface area contributed by atoms with Gasteiger partial charge in [0.2, 0.25) is 5.95 Å². The molecule has 0 amide bonds. The van der Waals surface area contributed by atoms with Crippen LogP contribution in [0, 0.1) is 5.82 Å². The maximum Gasteiger partial charge on any atom is 0.419 e. The molecule has 0 atom stereocenters. The van der Waals surface area contributed by atoms with Crippen LogP contribution in [0.4, 0.5) is 40.6 Å². The molecule has 0 aliphatic heterocycles. The monoisotopic (exact) mass is 501 g/mol. The van der Waals surface area contributed by atoms with E-state index in [1.807, 2.05) is 32.1 Å². The predicted octanol–water partition coefficient (Wildman–Crippen LogP) is 5.12. The van der Waals surface area contributed by atoms with Gasteiger partial charge in [-0.05, 0) is 50.5 Å². The van der Waals surface area contributed by atoms with Crippen molar-refractivity contribution in [3.63, 3.8) is 0 Å². The molecule has 0 saturated carbocycles. The van der Waals surface area contributed by atoms with Crippen LogP contribution in [0.15, 0.2) is 48.8 Å². The topological polar surface area (TPSA) is 75.2 Å². The van der Waals surface area contributed by atoms with Gasteiger partial charge in [0.1, 0.15) is 11.4 Å². The number of aryl methyl sites for hydroxylation is 1. The van der Waals surface area contributed by atoms with Gasteiger partial charge in [-0.2, -0.15) is 13.2 Å². The van der Waals surface area contributed by atoms with E-state index in [1.54, 1.807) is 23.7 Å². The summed E-state index contributed by atoms with van der Waals surface area (Å²) in [4.78, 5) is 12.2. The van der Waals surface area contributed by atoms with Crippen LogP contribution in [-0.4, -0.2) is 53.7 Å². The molecule has 7 nitrogen and oxygen atoms in total. The van der Waals surface area contributed by atoms with Gasteiger partial charge in [0.25, 0.3) is 0 Å². The zero-order valence-corrected chi connectivity index (χ0v) is 20.4. The number of aromatic nitrogens is 3. The van der Waals surface area contributed by atoms with Crippen LogP contribution in [0.25, 0.3) is 22.2 Å². The Bertz CT molecular complexity index is 1400. The summed E-state index contributed by atoms with van der Waals surface area (Å²) in [6.45, 7) is 1.61. The quantitative estimate of drug-likeness (QED) is 0.271. The second kappa shape index (κ2) is 9.65.